The van der Waals surface area contributed by atoms with Gasteiger partial charge in [0, 0.05) is 42.5 Å². The van der Waals surface area contributed by atoms with E-state index in [1.54, 1.807) is 0 Å². The Hall–Kier alpha value is -1.81. The van der Waals surface area contributed by atoms with Crippen molar-refractivity contribution in [2.75, 3.05) is 26.2 Å². The van der Waals surface area contributed by atoms with E-state index in [4.69, 9.17) is 11.6 Å². The predicted octanol–water partition coefficient (Wildman–Crippen LogP) is 4.25. The molecule has 0 radical (unpaired) electrons. The van der Waals surface area contributed by atoms with Gasteiger partial charge in [0.15, 0.2) is 0 Å². The summed E-state index contributed by atoms with van der Waals surface area (Å²) < 4.78 is 0. The molecule has 2 saturated heterocycles. The number of piperidine rings is 1. The van der Waals surface area contributed by atoms with E-state index in [1.807, 2.05) is 23.1 Å². The molecule has 0 bridgehead atoms. The first-order valence-corrected chi connectivity index (χ1v) is 10.9. The number of amides is 2. The van der Waals surface area contributed by atoms with Gasteiger partial charge >= 0.3 is 0 Å². The molecule has 28 heavy (non-hydrogen) atoms. The zero-order valence-corrected chi connectivity index (χ0v) is 17.2. The average Bonchev–Trinajstić information content (AvgIpc) is 2.71. The Morgan fingerprint density at radius 3 is 2.43 bits per heavy atom. The molecule has 2 atom stereocenters. The van der Waals surface area contributed by atoms with Gasteiger partial charge < -0.3 is 9.80 Å². The normalized spacial score (nSPS) is 26.6. The minimum Gasteiger partial charge on any atom is -0.342 e. The van der Waals surface area contributed by atoms with E-state index in [-0.39, 0.29) is 23.2 Å². The number of rotatable bonds is 3. The van der Waals surface area contributed by atoms with Gasteiger partial charge in [-0.25, -0.2) is 0 Å². The van der Waals surface area contributed by atoms with Crippen LogP contribution in [0.15, 0.2) is 36.9 Å². The van der Waals surface area contributed by atoms with Crippen LogP contribution in [0.1, 0.15) is 50.0 Å². The zero-order chi connectivity index (χ0) is 19.7. The van der Waals surface area contributed by atoms with E-state index in [0.29, 0.717) is 5.91 Å². The van der Waals surface area contributed by atoms with Crippen LogP contribution >= 0.6 is 11.6 Å². The first-order chi connectivity index (χ1) is 13.5. The maximum Gasteiger partial charge on any atom is 0.245 e. The van der Waals surface area contributed by atoms with Crippen LogP contribution in [0.3, 0.4) is 0 Å². The fourth-order valence-corrected chi connectivity index (χ4v) is 5.65. The molecule has 2 unspecified atom stereocenters. The SMILES string of the molecule is C=CC(=O)N1CC2(CCN(C(=O)C3CCCCC3c3ccccc3Cl)CC2)C1. The van der Waals surface area contributed by atoms with Gasteiger partial charge in [-0.15, -0.1) is 0 Å². The van der Waals surface area contributed by atoms with Crippen LogP contribution in [0, 0.1) is 11.3 Å². The third-order valence-corrected chi connectivity index (χ3v) is 7.41. The Kier molecular flexibility index (Phi) is 5.50. The van der Waals surface area contributed by atoms with E-state index in [2.05, 4.69) is 17.5 Å². The Labute approximate surface area is 172 Å². The van der Waals surface area contributed by atoms with Crippen LogP contribution in [0.2, 0.25) is 5.02 Å². The second-order valence-corrected chi connectivity index (χ2v) is 9.15. The fourth-order valence-electron chi connectivity index (χ4n) is 5.38. The molecule has 4 rings (SSSR count). The first kappa shape index (κ1) is 19.5. The summed E-state index contributed by atoms with van der Waals surface area (Å²) in [5.74, 6) is 0.602. The molecule has 1 aromatic rings. The van der Waals surface area contributed by atoms with Gasteiger partial charge in [0.25, 0.3) is 0 Å². The molecule has 0 N–H and O–H groups in total. The van der Waals surface area contributed by atoms with Gasteiger partial charge in [0.2, 0.25) is 11.8 Å². The fraction of sp³-hybridized carbons (Fsp3) is 0.565. The predicted molar refractivity (Wildman–Crippen MR) is 111 cm³/mol. The van der Waals surface area contributed by atoms with Gasteiger partial charge in [0.1, 0.15) is 0 Å². The summed E-state index contributed by atoms with van der Waals surface area (Å²) in [6.45, 7) is 6.80. The second kappa shape index (κ2) is 7.90. The van der Waals surface area contributed by atoms with Gasteiger partial charge in [-0.05, 0) is 49.3 Å². The molecule has 4 nitrogen and oxygen atoms in total. The largest absolute Gasteiger partial charge is 0.342 e. The Balaban J connectivity index is 1.40. The number of carbonyl (C=O) groups is 2. The average molecular weight is 401 g/mol. The molecule has 1 aliphatic carbocycles. The van der Waals surface area contributed by atoms with Gasteiger partial charge in [0.05, 0.1) is 0 Å². The van der Waals surface area contributed by atoms with Crippen molar-refractivity contribution in [3.63, 3.8) is 0 Å². The molecule has 150 valence electrons. The van der Waals surface area contributed by atoms with E-state index in [9.17, 15) is 9.59 Å². The summed E-state index contributed by atoms with van der Waals surface area (Å²) in [6.07, 6.45) is 7.65. The van der Waals surface area contributed by atoms with Crippen LogP contribution < -0.4 is 0 Å². The number of hydrogen-bond donors (Lipinski definition) is 0. The van der Waals surface area contributed by atoms with Gasteiger partial charge in [-0.2, -0.15) is 0 Å². The quantitative estimate of drug-likeness (QED) is 0.711. The third kappa shape index (κ3) is 3.59. The van der Waals surface area contributed by atoms with Crippen molar-refractivity contribution in [1.29, 1.82) is 0 Å². The van der Waals surface area contributed by atoms with E-state index < -0.39 is 0 Å². The van der Waals surface area contributed by atoms with Gasteiger partial charge in [-0.3, -0.25) is 9.59 Å². The summed E-state index contributed by atoms with van der Waals surface area (Å²) >= 11 is 6.46. The molecule has 2 aliphatic heterocycles. The highest BCUT2D eigenvalue weighted by Crippen LogP contribution is 2.44. The second-order valence-electron chi connectivity index (χ2n) is 8.74. The lowest BCUT2D eigenvalue weighted by molar-refractivity contribution is -0.148. The molecule has 1 aromatic carbocycles. The van der Waals surface area contributed by atoms with E-state index in [1.165, 1.54) is 6.08 Å². The minimum absolute atomic E-state index is 0.0221. The summed E-state index contributed by atoms with van der Waals surface area (Å²) in [7, 11) is 0. The zero-order valence-electron chi connectivity index (χ0n) is 16.4. The lowest BCUT2D eigenvalue weighted by Gasteiger charge is -2.54. The molecule has 3 aliphatic rings. The van der Waals surface area contributed by atoms with Crippen LogP contribution in [0.25, 0.3) is 0 Å². The first-order valence-electron chi connectivity index (χ1n) is 10.5. The maximum atomic E-state index is 13.4. The van der Waals surface area contributed by atoms with Crippen molar-refractivity contribution in [3.05, 3.63) is 47.5 Å². The topological polar surface area (TPSA) is 40.6 Å². The minimum atomic E-state index is 0.0221. The number of carbonyl (C=O) groups excluding carboxylic acids is 2. The molecular weight excluding hydrogens is 372 g/mol. The molecular formula is C23H29ClN2O2. The Morgan fingerprint density at radius 1 is 1.07 bits per heavy atom. The van der Waals surface area contributed by atoms with Crippen LogP contribution in [-0.2, 0) is 9.59 Å². The maximum absolute atomic E-state index is 13.4. The molecule has 2 heterocycles. The Bertz CT molecular complexity index is 762. The number of halogens is 1. The van der Waals surface area contributed by atoms with Crippen LogP contribution in [0.4, 0.5) is 0 Å². The lowest BCUT2D eigenvalue weighted by atomic mass is 9.71. The van der Waals surface area contributed by atoms with Crippen LogP contribution in [0.5, 0.6) is 0 Å². The summed E-state index contributed by atoms with van der Waals surface area (Å²) in [4.78, 5) is 29.1. The highest BCUT2D eigenvalue weighted by atomic mass is 35.5. The van der Waals surface area contributed by atoms with Crippen molar-refractivity contribution < 1.29 is 9.59 Å². The van der Waals surface area contributed by atoms with E-state index in [0.717, 1.165) is 75.3 Å². The molecule has 1 spiro atoms. The highest BCUT2D eigenvalue weighted by Gasteiger charge is 2.47. The molecule has 5 heteroatoms. The number of benzene rings is 1. The van der Waals surface area contributed by atoms with Crippen molar-refractivity contribution in [2.45, 2.75) is 44.4 Å². The molecule has 1 saturated carbocycles. The summed E-state index contributed by atoms with van der Waals surface area (Å²) in [6, 6.07) is 8.00. The molecule has 3 fully saturated rings. The van der Waals surface area contributed by atoms with Crippen molar-refractivity contribution in [2.24, 2.45) is 11.3 Å². The standard InChI is InChI=1S/C23H29ClN2O2/c1-2-21(27)26-15-23(16-26)11-13-25(14-12-23)22(28)19-9-4-3-7-17(19)18-8-5-6-10-20(18)24/h2,5-6,8,10,17,19H,1,3-4,7,9,11-16H2. The smallest absolute Gasteiger partial charge is 0.245 e. The number of likely N-dealkylation sites (tertiary alicyclic amines) is 2. The molecule has 0 aromatic heterocycles. The summed E-state index contributed by atoms with van der Waals surface area (Å²) in [5, 5.41) is 0.784. The van der Waals surface area contributed by atoms with Crippen LogP contribution in [-0.4, -0.2) is 47.8 Å². The van der Waals surface area contributed by atoms with E-state index >= 15 is 0 Å². The number of nitrogens with zero attached hydrogens (tertiary/aromatic N) is 2. The third-order valence-electron chi connectivity index (χ3n) is 7.06. The van der Waals surface area contributed by atoms with Crippen molar-refractivity contribution in [3.8, 4) is 0 Å². The Morgan fingerprint density at radius 2 is 1.75 bits per heavy atom. The summed E-state index contributed by atoms with van der Waals surface area (Å²) in [5.41, 5.74) is 1.35. The lowest BCUT2D eigenvalue weighted by Crippen LogP contribution is -2.62. The molecule has 2 amide bonds. The highest BCUT2D eigenvalue weighted by molar-refractivity contribution is 6.31. The van der Waals surface area contributed by atoms with Crippen molar-refractivity contribution in [1.82, 2.24) is 9.80 Å². The van der Waals surface area contributed by atoms with Crippen molar-refractivity contribution >= 4 is 23.4 Å². The number of hydrogen-bond acceptors (Lipinski definition) is 2. The van der Waals surface area contributed by atoms with Gasteiger partial charge in [-0.1, -0.05) is 49.2 Å². The monoisotopic (exact) mass is 400 g/mol.